The van der Waals surface area contributed by atoms with E-state index in [4.69, 9.17) is 9.97 Å². The van der Waals surface area contributed by atoms with Gasteiger partial charge >= 0.3 is 0 Å². The van der Waals surface area contributed by atoms with E-state index in [1.54, 1.807) is 28.8 Å². The van der Waals surface area contributed by atoms with Crippen LogP contribution in [0.4, 0.5) is 5.82 Å². The molecule has 0 radical (unpaired) electrons. The molecule has 0 atom stereocenters. The van der Waals surface area contributed by atoms with Gasteiger partial charge in [-0.25, -0.2) is 18.4 Å². The van der Waals surface area contributed by atoms with Crippen molar-refractivity contribution >= 4 is 37.5 Å². The third kappa shape index (κ3) is 4.00. The average Bonchev–Trinajstić information content (AvgIpc) is 2.92. The van der Waals surface area contributed by atoms with Crippen molar-refractivity contribution in [1.29, 1.82) is 0 Å². The van der Waals surface area contributed by atoms with Gasteiger partial charge in [0.1, 0.15) is 5.82 Å². The maximum Gasteiger partial charge on any atom is 0.243 e. The molecule has 0 N–H and O–H groups in total. The largest absolute Gasteiger partial charge is 0.353 e. The molecule has 0 spiro atoms. The van der Waals surface area contributed by atoms with Crippen molar-refractivity contribution in [2.24, 2.45) is 0 Å². The SMILES string of the molecule is O=S(=O)(c1ccc2ccccc2c1)N1CCN(c2nc(-c3cccnc3)nc3ccccc23)CC1. The van der Waals surface area contributed by atoms with Gasteiger partial charge in [-0.05, 0) is 47.2 Å². The van der Waals surface area contributed by atoms with E-state index in [2.05, 4.69) is 9.88 Å². The van der Waals surface area contributed by atoms with Crippen LogP contribution in [0.1, 0.15) is 0 Å². The first kappa shape index (κ1) is 21.6. The summed E-state index contributed by atoms with van der Waals surface area (Å²) in [6.07, 6.45) is 3.47. The fourth-order valence-corrected chi connectivity index (χ4v) is 6.00. The fourth-order valence-electron chi connectivity index (χ4n) is 4.54. The van der Waals surface area contributed by atoms with Crippen molar-refractivity contribution < 1.29 is 8.42 Å². The first-order valence-corrected chi connectivity index (χ1v) is 12.9. The number of aromatic nitrogens is 3. The van der Waals surface area contributed by atoms with Crippen molar-refractivity contribution in [3.8, 4) is 11.4 Å². The zero-order chi connectivity index (χ0) is 23.8. The molecule has 0 saturated carbocycles. The van der Waals surface area contributed by atoms with Gasteiger partial charge < -0.3 is 4.90 Å². The van der Waals surface area contributed by atoms with Crippen LogP contribution < -0.4 is 4.90 Å². The third-order valence-corrected chi connectivity index (χ3v) is 8.29. The number of para-hydroxylation sites is 1. The van der Waals surface area contributed by atoms with E-state index >= 15 is 0 Å². The Balaban J connectivity index is 1.29. The number of sulfonamides is 1. The Labute approximate surface area is 203 Å². The highest BCUT2D eigenvalue weighted by Crippen LogP contribution is 2.29. The number of benzene rings is 3. The smallest absolute Gasteiger partial charge is 0.243 e. The summed E-state index contributed by atoms with van der Waals surface area (Å²) < 4.78 is 28.4. The fraction of sp³-hybridized carbons (Fsp3) is 0.148. The molecular weight excluding hydrogens is 458 g/mol. The van der Waals surface area contributed by atoms with Gasteiger partial charge in [-0.15, -0.1) is 0 Å². The number of nitrogens with zero attached hydrogens (tertiary/aromatic N) is 5. The lowest BCUT2D eigenvalue weighted by Crippen LogP contribution is -2.49. The molecular formula is C27H23N5O2S. The molecule has 2 aromatic heterocycles. The minimum absolute atomic E-state index is 0.330. The molecule has 8 heteroatoms. The number of piperazine rings is 1. The monoisotopic (exact) mass is 481 g/mol. The van der Waals surface area contributed by atoms with Crippen LogP contribution in [0.15, 0.2) is 96.2 Å². The topological polar surface area (TPSA) is 79.3 Å². The second-order valence-corrected chi connectivity index (χ2v) is 10.5. The zero-order valence-corrected chi connectivity index (χ0v) is 19.8. The Hall–Kier alpha value is -3.88. The van der Waals surface area contributed by atoms with Gasteiger partial charge in [0.05, 0.1) is 10.4 Å². The van der Waals surface area contributed by atoms with Crippen molar-refractivity contribution in [2.45, 2.75) is 4.90 Å². The van der Waals surface area contributed by atoms with Crippen LogP contribution in [0, 0.1) is 0 Å². The summed E-state index contributed by atoms with van der Waals surface area (Å²) in [5, 5.41) is 2.89. The van der Waals surface area contributed by atoms with Crippen LogP contribution in [0.2, 0.25) is 0 Å². The molecule has 35 heavy (non-hydrogen) atoms. The number of pyridine rings is 1. The molecule has 0 aliphatic carbocycles. The molecule has 0 unspecified atom stereocenters. The standard InChI is InChI=1S/C27H23N5O2S/c33-35(34,23-12-11-20-6-1-2-7-21(20)18-23)32-16-14-31(15-17-32)27-24-9-3-4-10-25(24)29-26(30-27)22-8-5-13-28-19-22/h1-13,18-19H,14-17H2. The van der Waals surface area contributed by atoms with Crippen molar-refractivity contribution in [1.82, 2.24) is 19.3 Å². The summed E-state index contributed by atoms with van der Waals surface area (Å²) in [5.74, 6) is 1.43. The number of hydrogen-bond acceptors (Lipinski definition) is 6. The summed E-state index contributed by atoms with van der Waals surface area (Å²) >= 11 is 0. The number of anilines is 1. The summed E-state index contributed by atoms with van der Waals surface area (Å²) in [4.78, 5) is 16.3. The summed E-state index contributed by atoms with van der Waals surface area (Å²) in [6, 6.07) is 24.8. The molecule has 3 heterocycles. The van der Waals surface area contributed by atoms with Crippen LogP contribution in [0.5, 0.6) is 0 Å². The molecule has 5 aromatic rings. The number of fused-ring (bicyclic) bond motifs is 2. The number of hydrogen-bond donors (Lipinski definition) is 0. The summed E-state index contributed by atoms with van der Waals surface area (Å²) in [7, 11) is -3.59. The minimum atomic E-state index is -3.59. The number of rotatable bonds is 4. The predicted octanol–water partition coefficient (Wildman–Crippen LogP) is 4.36. The van der Waals surface area contributed by atoms with Gasteiger partial charge in [-0.1, -0.05) is 42.5 Å². The predicted molar refractivity (Wildman–Crippen MR) is 138 cm³/mol. The van der Waals surface area contributed by atoms with E-state index in [0.29, 0.717) is 36.9 Å². The van der Waals surface area contributed by atoms with E-state index in [-0.39, 0.29) is 0 Å². The molecule has 174 valence electrons. The molecule has 6 rings (SSSR count). The third-order valence-electron chi connectivity index (χ3n) is 6.40. The lowest BCUT2D eigenvalue weighted by atomic mass is 10.1. The van der Waals surface area contributed by atoms with Gasteiger partial charge in [-0.2, -0.15) is 4.31 Å². The second kappa shape index (κ2) is 8.72. The summed E-state index contributed by atoms with van der Waals surface area (Å²) in [6.45, 7) is 1.85. The van der Waals surface area contributed by atoms with Gasteiger partial charge in [-0.3, -0.25) is 4.98 Å². The molecule has 1 fully saturated rings. The van der Waals surface area contributed by atoms with Crippen LogP contribution >= 0.6 is 0 Å². The second-order valence-electron chi connectivity index (χ2n) is 8.53. The van der Waals surface area contributed by atoms with Crippen molar-refractivity contribution in [3.05, 3.63) is 91.3 Å². The highest BCUT2D eigenvalue weighted by atomic mass is 32.2. The van der Waals surface area contributed by atoms with E-state index in [1.165, 1.54) is 0 Å². The Morgan fingerprint density at radius 2 is 1.51 bits per heavy atom. The quantitative estimate of drug-likeness (QED) is 0.380. The van der Waals surface area contributed by atoms with E-state index in [0.717, 1.165) is 33.1 Å². The zero-order valence-electron chi connectivity index (χ0n) is 18.9. The Bertz CT molecular complexity index is 1630. The van der Waals surface area contributed by atoms with E-state index in [9.17, 15) is 8.42 Å². The van der Waals surface area contributed by atoms with Crippen LogP contribution in [0.25, 0.3) is 33.1 Å². The minimum Gasteiger partial charge on any atom is -0.353 e. The lowest BCUT2D eigenvalue weighted by Gasteiger charge is -2.35. The lowest BCUT2D eigenvalue weighted by molar-refractivity contribution is 0.384. The molecule has 1 aliphatic rings. The average molecular weight is 482 g/mol. The van der Waals surface area contributed by atoms with Gasteiger partial charge in [0, 0.05) is 49.5 Å². The first-order valence-electron chi connectivity index (χ1n) is 11.5. The summed E-state index contributed by atoms with van der Waals surface area (Å²) in [5.41, 5.74) is 1.69. The van der Waals surface area contributed by atoms with Crippen LogP contribution in [-0.2, 0) is 10.0 Å². The maximum absolute atomic E-state index is 13.4. The maximum atomic E-state index is 13.4. The molecule has 3 aromatic carbocycles. The highest BCUT2D eigenvalue weighted by Gasteiger charge is 2.30. The van der Waals surface area contributed by atoms with Crippen LogP contribution in [0.3, 0.4) is 0 Å². The molecule has 0 amide bonds. The molecule has 0 bridgehead atoms. The van der Waals surface area contributed by atoms with E-state index < -0.39 is 10.0 Å². The molecule has 1 saturated heterocycles. The van der Waals surface area contributed by atoms with E-state index in [1.807, 2.05) is 66.7 Å². The van der Waals surface area contributed by atoms with Crippen LogP contribution in [-0.4, -0.2) is 53.9 Å². The molecule has 7 nitrogen and oxygen atoms in total. The van der Waals surface area contributed by atoms with Gasteiger partial charge in [0.25, 0.3) is 0 Å². The molecule has 1 aliphatic heterocycles. The van der Waals surface area contributed by atoms with Crippen molar-refractivity contribution in [2.75, 3.05) is 31.1 Å². The Morgan fingerprint density at radius 1 is 0.743 bits per heavy atom. The Morgan fingerprint density at radius 3 is 2.31 bits per heavy atom. The normalized spacial score (nSPS) is 15.0. The first-order chi connectivity index (χ1) is 17.1. The van der Waals surface area contributed by atoms with Crippen molar-refractivity contribution in [3.63, 3.8) is 0 Å². The van der Waals surface area contributed by atoms with Gasteiger partial charge in [0.2, 0.25) is 10.0 Å². The highest BCUT2D eigenvalue weighted by molar-refractivity contribution is 7.89. The Kier molecular flexibility index (Phi) is 5.39. The van der Waals surface area contributed by atoms with Gasteiger partial charge in [0.15, 0.2) is 5.82 Å².